The van der Waals surface area contributed by atoms with Crippen LogP contribution >= 0.6 is 0 Å². The first-order chi connectivity index (χ1) is 12.2. The molecule has 26 heavy (non-hydrogen) atoms. The Labute approximate surface area is 150 Å². The van der Waals surface area contributed by atoms with E-state index in [-0.39, 0.29) is 29.7 Å². The number of carbonyl (C=O) groups is 2. The molecular weight excluding hydrogens is 349 g/mol. The summed E-state index contributed by atoms with van der Waals surface area (Å²) in [5.74, 6) is -2.42. The number of aryl methyl sites for hydroxylation is 1. The summed E-state index contributed by atoms with van der Waals surface area (Å²) in [5.41, 5.74) is -0.105. The van der Waals surface area contributed by atoms with Crippen LogP contribution in [0, 0.1) is 18.8 Å². The van der Waals surface area contributed by atoms with E-state index in [1.807, 2.05) is 6.92 Å². The van der Waals surface area contributed by atoms with Crippen LogP contribution in [0.3, 0.4) is 0 Å². The zero-order valence-electron chi connectivity index (χ0n) is 15.0. The Balaban J connectivity index is 2.03. The van der Waals surface area contributed by atoms with E-state index >= 15 is 0 Å². The Morgan fingerprint density at radius 2 is 1.73 bits per heavy atom. The molecule has 0 aromatic carbocycles. The van der Waals surface area contributed by atoms with Crippen molar-refractivity contribution in [3.05, 3.63) is 23.2 Å². The lowest BCUT2D eigenvalue weighted by molar-refractivity contribution is -0.154. The fraction of sp³-hybridized carbons (Fsp3) is 0.667. The first-order valence-electron chi connectivity index (χ1n) is 8.96. The number of hydrogen-bond acceptors (Lipinski definition) is 3. The molecule has 146 valence electrons. The minimum Gasteiger partial charge on any atom is -0.456 e. The fourth-order valence-corrected chi connectivity index (χ4v) is 3.39. The third-order valence-corrected chi connectivity index (χ3v) is 4.63. The highest BCUT2D eigenvalue weighted by molar-refractivity contribution is 5.87. The highest BCUT2D eigenvalue weighted by atomic mass is 19.4. The zero-order chi connectivity index (χ0) is 19.3. The lowest BCUT2D eigenvalue weighted by Crippen LogP contribution is -2.43. The van der Waals surface area contributed by atoms with Gasteiger partial charge in [0.15, 0.2) is 0 Å². The van der Waals surface area contributed by atoms with Crippen molar-refractivity contribution in [2.45, 2.75) is 58.7 Å². The normalized spacial score (nSPS) is 20.7. The number of carbonyl (C=O) groups excluding carboxylic acids is 2. The standard InChI is InChI=1S/C18H25F3N2O3/c1-3-8-22-16(24)13-6-4-5-7-14(13)17(25)23-10-12-9-11(2)26-15(12)18(19,20)21/h9,13-14H,3-8,10H2,1-2H3,(H,22,24)(H,23,25)/t13-,14+/m0/s1. The topological polar surface area (TPSA) is 71.3 Å². The van der Waals surface area contributed by atoms with Crippen molar-refractivity contribution in [3.8, 4) is 0 Å². The Bertz CT molecular complexity index is 640. The second-order valence-electron chi connectivity index (χ2n) is 6.72. The van der Waals surface area contributed by atoms with Gasteiger partial charge in [0.1, 0.15) is 5.76 Å². The molecule has 1 aromatic heterocycles. The maximum Gasteiger partial charge on any atom is 0.449 e. The molecule has 8 heteroatoms. The Morgan fingerprint density at radius 3 is 2.27 bits per heavy atom. The molecule has 1 heterocycles. The summed E-state index contributed by atoms with van der Waals surface area (Å²) in [6.07, 6.45) is -0.933. The Hall–Kier alpha value is -1.99. The minimum absolute atomic E-state index is 0.105. The largest absolute Gasteiger partial charge is 0.456 e. The minimum atomic E-state index is -4.61. The monoisotopic (exact) mass is 374 g/mol. The third-order valence-electron chi connectivity index (χ3n) is 4.63. The van der Waals surface area contributed by atoms with Crippen molar-refractivity contribution in [2.24, 2.45) is 11.8 Å². The van der Waals surface area contributed by atoms with Crippen LogP contribution < -0.4 is 10.6 Å². The van der Waals surface area contributed by atoms with Gasteiger partial charge in [0.2, 0.25) is 17.6 Å². The van der Waals surface area contributed by atoms with E-state index in [0.717, 1.165) is 19.3 Å². The van der Waals surface area contributed by atoms with E-state index in [1.54, 1.807) is 0 Å². The summed E-state index contributed by atoms with van der Waals surface area (Å²) in [6.45, 7) is 3.64. The Kier molecular flexibility index (Phi) is 6.72. The molecule has 0 aliphatic heterocycles. The molecule has 0 saturated heterocycles. The SMILES string of the molecule is CCCNC(=O)[C@H]1CCCC[C@H]1C(=O)NCc1cc(C)oc1C(F)(F)F. The molecular formula is C18H25F3N2O3. The summed E-state index contributed by atoms with van der Waals surface area (Å²) in [5, 5.41) is 5.37. The van der Waals surface area contributed by atoms with Gasteiger partial charge in [-0.25, -0.2) is 0 Å². The van der Waals surface area contributed by atoms with Crippen LogP contribution in [0.1, 0.15) is 56.1 Å². The highest BCUT2D eigenvalue weighted by Crippen LogP contribution is 2.34. The molecule has 2 N–H and O–H groups in total. The summed E-state index contributed by atoms with van der Waals surface area (Å²) in [7, 11) is 0. The van der Waals surface area contributed by atoms with E-state index < -0.39 is 23.8 Å². The van der Waals surface area contributed by atoms with Crippen LogP contribution in [0.25, 0.3) is 0 Å². The molecule has 1 aliphatic rings. The first kappa shape index (κ1) is 20.3. The van der Waals surface area contributed by atoms with Crippen molar-refractivity contribution >= 4 is 11.8 Å². The van der Waals surface area contributed by atoms with Crippen molar-refractivity contribution < 1.29 is 27.2 Å². The maximum absolute atomic E-state index is 13.0. The molecule has 1 fully saturated rings. The number of halogens is 3. The smallest absolute Gasteiger partial charge is 0.449 e. The van der Waals surface area contributed by atoms with Crippen molar-refractivity contribution in [1.29, 1.82) is 0 Å². The van der Waals surface area contributed by atoms with E-state index in [9.17, 15) is 22.8 Å². The van der Waals surface area contributed by atoms with Gasteiger partial charge in [0, 0.05) is 30.5 Å². The molecule has 0 radical (unpaired) electrons. The molecule has 5 nitrogen and oxygen atoms in total. The fourth-order valence-electron chi connectivity index (χ4n) is 3.39. The average molecular weight is 374 g/mol. The van der Waals surface area contributed by atoms with Gasteiger partial charge >= 0.3 is 6.18 Å². The molecule has 1 aromatic rings. The molecule has 2 rings (SSSR count). The number of amides is 2. The lowest BCUT2D eigenvalue weighted by atomic mass is 9.78. The first-order valence-corrected chi connectivity index (χ1v) is 8.96. The molecule has 0 unspecified atom stereocenters. The second-order valence-corrected chi connectivity index (χ2v) is 6.72. The quantitative estimate of drug-likeness (QED) is 0.800. The van der Waals surface area contributed by atoms with Crippen LogP contribution in [0.4, 0.5) is 13.2 Å². The van der Waals surface area contributed by atoms with Gasteiger partial charge in [-0.15, -0.1) is 0 Å². The molecule has 0 spiro atoms. The van der Waals surface area contributed by atoms with Gasteiger partial charge in [0.25, 0.3) is 0 Å². The van der Waals surface area contributed by atoms with Crippen LogP contribution in [0.15, 0.2) is 10.5 Å². The van der Waals surface area contributed by atoms with Gasteiger partial charge < -0.3 is 15.1 Å². The summed E-state index contributed by atoms with van der Waals surface area (Å²) < 4.78 is 43.6. The number of hydrogen-bond donors (Lipinski definition) is 2. The van der Waals surface area contributed by atoms with Crippen LogP contribution in [0.5, 0.6) is 0 Å². The second kappa shape index (κ2) is 8.60. The van der Waals surface area contributed by atoms with E-state index in [0.29, 0.717) is 19.4 Å². The van der Waals surface area contributed by atoms with Crippen LogP contribution in [-0.4, -0.2) is 18.4 Å². The predicted molar refractivity (Wildman–Crippen MR) is 89.0 cm³/mol. The van der Waals surface area contributed by atoms with Crippen molar-refractivity contribution in [3.63, 3.8) is 0 Å². The number of furan rings is 1. The molecule has 2 atom stereocenters. The summed E-state index contributed by atoms with van der Waals surface area (Å²) >= 11 is 0. The summed E-state index contributed by atoms with van der Waals surface area (Å²) in [4.78, 5) is 24.8. The van der Waals surface area contributed by atoms with Gasteiger partial charge in [0.05, 0.1) is 0 Å². The van der Waals surface area contributed by atoms with Crippen molar-refractivity contribution in [2.75, 3.05) is 6.54 Å². The molecule has 2 amide bonds. The number of alkyl halides is 3. The third kappa shape index (κ3) is 5.02. The summed E-state index contributed by atoms with van der Waals surface area (Å²) in [6, 6.07) is 1.27. The number of nitrogens with one attached hydrogen (secondary N) is 2. The van der Waals surface area contributed by atoms with Crippen LogP contribution in [0.2, 0.25) is 0 Å². The van der Waals surface area contributed by atoms with Crippen molar-refractivity contribution in [1.82, 2.24) is 10.6 Å². The van der Waals surface area contributed by atoms with Gasteiger partial charge in [-0.2, -0.15) is 13.2 Å². The Morgan fingerprint density at radius 1 is 1.15 bits per heavy atom. The lowest BCUT2D eigenvalue weighted by Gasteiger charge is -2.29. The molecule has 1 aliphatic carbocycles. The van der Waals surface area contributed by atoms with E-state index in [1.165, 1.54) is 13.0 Å². The van der Waals surface area contributed by atoms with Gasteiger partial charge in [-0.3, -0.25) is 9.59 Å². The molecule has 0 bridgehead atoms. The molecule has 1 saturated carbocycles. The zero-order valence-corrected chi connectivity index (χ0v) is 15.0. The number of rotatable bonds is 6. The van der Waals surface area contributed by atoms with Gasteiger partial charge in [-0.1, -0.05) is 19.8 Å². The maximum atomic E-state index is 13.0. The van der Waals surface area contributed by atoms with E-state index in [4.69, 9.17) is 4.42 Å². The van der Waals surface area contributed by atoms with Gasteiger partial charge in [-0.05, 0) is 32.3 Å². The van der Waals surface area contributed by atoms with E-state index in [2.05, 4.69) is 10.6 Å². The highest BCUT2D eigenvalue weighted by Gasteiger charge is 2.39. The predicted octanol–water partition coefficient (Wildman–Crippen LogP) is 3.56. The average Bonchev–Trinajstić information content (AvgIpc) is 2.98. The van der Waals surface area contributed by atoms with Crippen LogP contribution in [-0.2, 0) is 22.3 Å².